The number of halogens is 4. The Hall–Kier alpha value is -4.01. The number of hydrogen-bond donors (Lipinski definition) is 4. The maximum atomic E-state index is 14.3. The Morgan fingerprint density at radius 3 is 2.59 bits per heavy atom. The lowest BCUT2D eigenvalue weighted by Crippen LogP contribution is -2.26. The molecule has 0 fully saturated rings. The van der Waals surface area contributed by atoms with Crippen molar-refractivity contribution in [3.8, 4) is 5.75 Å². The molecule has 0 aliphatic carbocycles. The number of amides is 2. The first-order valence-electron chi connectivity index (χ1n) is 9.37. The van der Waals surface area contributed by atoms with Crippen LogP contribution in [0.15, 0.2) is 30.6 Å². The van der Waals surface area contributed by atoms with Gasteiger partial charge in [-0.2, -0.15) is 17.5 Å². The Balaban J connectivity index is 1.68. The van der Waals surface area contributed by atoms with E-state index in [1.165, 1.54) is 12.1 Å². The van der Waals surface area contributed by atoms with Crippen molar-refractivity contribution < 1.29 is 37.0 Å². The number of ether oxygens (including phenoxy) is 1. The molecule has 0 unspecified atom stereocenters. The summed E-state index contributed by atoms with van der Waals surface area (Å²) in [6.07, 6.45) is -4.44. The van der Waals surface area contributed by atoms with Crippen LogP contribution in [0, 0.1) is 12.7 Å². The van der Waals surface area contributed by atoms with Gasteiger partial charge in [-0.3, -0.25) is 4.79 Å². The van der Waals surface area contributed by atoms with Crippen LogP contribution in [-0.4, -0.2) is 44.6 Å². The summed E-state index contributed by atoms with van der Waals surface area (Å²) in [6, 6.07) is 3.66. The first-order valence-corrected chi connectivity index (χ1v) is 10.1. The maximum Gasteiger partial charge on any atom is 0.434 e. The summed E-state index contributed by atoms with van der Waals surface area (Å²) >= 11 is 0.885. The Kier molecular flexibility index (Phi) is 7.45. The van der Waals surface area contributed by atoms with Gasteiger partial charge >= 0.3 is 12.3 Å². The summed E-state index contributed by atoms with van der Waals surface area (Å²) < 4.78 is 61.4. The van der Waals surface area contributed by atoms with Crippen LogP contribution >= 0.6 is 11.5 Å². The van der Waals surface area contributed by atoms with Gasteiger partial charge in [0.15, 0.2) is 17.3 Å². The molecule has 2 amide bonds. The lowest BCUT2D eigenvalue weighted by atomic mass is 10.2. The largest absolute Gasteiger partial charge is 0.489 e. The van der Waals surface area contributed by atoms with Gasteiger partial charge in [-0.1, -0.05) is 0 Å². The monoisotopic (exact) mass is 500 g/mol. The molecule has 2 heterocycles. The number of hydrogen-bond acceptors (Lipinski definition) is 8. The molecular weight excluding hydrogens is 484 g/mol. The smallest absolute Gasteiger partial charge is 0.434 e. The molecule has 34 heavy (non-hydrogen) atoms. The zero-order valence-corrected chi connectivity index (χ0v) is 18.1. The molecule has 15 heteroatoms. The van der Waals surface area contributed by atoms with E-state index in [1.54, 1.807) is 6.92 Å². The minimum Gasteiger partial charge on any atom is -0.489 e. The molecule has 2 aromatic heterocycles. The molecule has 0 radical (unpaired) electrons. The van der Waals surface area contributed by atoms with E-state index in [2.05, 4.69) is 30.3 Å². The van der Waals surface area contributed by atoms with Gasteiger partial charge in [0.05, 0.1) is 30.2 Å². The van der Waals surface area contributed by atoms with Crippen molar-refractivity contribution in [1.82, 2.24) is 19.7 Å². The van der Waals surface area contributed by atoms with Gasteiger partial charge in [-0.05, 0) is 30.6 Å². The number of alkyl halides is 3. The van der Waals surface area contributed by atoms with E-state index in [9.17, 15) is 27.2 Å². The molecule has 0 spiro atoms. The number of carboxylic acid groups (broad SMARTS) is 1. The topological polar surface area (TPSA) is 138 Å². The predicted octanol–water partition coefficient (Wildman–Crippen LogP) is 4.04. The molecule has 1 aromatic carbocycles. The van der Waals surface area contributed by atoms with Crippen LogP contribution in [0.4, 0.5) is 38.9 Å². The number of nitrogens with zero attached hydrogens (tertiary/aromatic N) is 3. The summed E-state index contributed by atoms with van der Waals surface area (Å²) in [5.74, 6) is -1.60. The van der Waals surface area contributed by atoms with Gasteiger partial charge in [0, 0.05) is 11.8 Å². The number of carbonyl (C=O) groups is 2. The first-order chi connectivity index (χ1) is 16.0. The Morgan fingerprint density at radius 2 is 1.97 bits per heavy atom. The maximum absolute atomic E-state index is 14.3. The van der Waals surface area contributed by atoms with Crippen molar-refractivity contribution in [1.29, 1.82) is 0 Å². The molecule has 4 N–H and O–H groups in total. The van der Waals surface area contributed by atoms with Crippen molar-refractivity contribution in [2.75, 3.05) is 23.8 Å². The van der Waals surface area contributed by atoms with Crippen molar-refractivity contribution in [2.45, 2.75) is 13.1 Å². The fraction of sp³-hybridized carbons (Fsp3) is 0.211. The van der Waals surface area contributed by atoms with Gasteiger partial charge in [0.25, 0.3) is 5.91 Å². The molecule has 10 nitrogen and oxygen atoms in total. The lowest BCUT2D eigenvalue weighted by Gasteiger charge is -2.11. The molecule has 0 saturated heterocycles. The summed E-state index contributed by atoms with van der Waals surface area (Å²) in [6.45, 7) is 1.41. The Bertz CT molecular complexity index is 1190. The van der Waals surface area contributed by atoms with Crippen LogP contribution in [0.1, 0.15) is 21.7 Å². The fourth-order valence-electron chi connectivity index (χ4n) is 2.59. The van der Waals surface area contributed by atoms with Crippen LogP contribution in [0.2, 0.25) is 0 Å². The van der Waals surface area contributed by atoms with E-state index >= 15 is 0 Å². The van der Waals surface area contributed by atoms with Crippen molar-refractivity contribution in [3.05, 3.63) is 53.4 Å². The van der Waals surface area contributed by atoms with Crippen LogP contribution in [0.25, 0.3) is 0 Å². The minimum absolute atomic E-state index is 0.0318. The quantitative estimate of drug-likeness (QED) is 0.269. The van der Waals surface area contributed by atoms with Gasteiger partial charge in [-0.25, -0.2) is 19.2 Å². The average molecular weight is 500 g/mol. The van der Waals surface area contributed by atoms with Gasteiger partial charge in [0.1, 0.15) is 17.4 Å². The highest BCUT2D eigenvalue weighted by atomic mass is 32.1. The van der Waals surface area contributed by atoms with E-state index in [4.69, 9.17) is 9.84 Å². The predicted molar refractivity (Wildman–Crippen MR) is 113 cm³/mol. The molecule has 180 valence electrons. The number of rotatable bonds is 8. The van der Waals surface area contributed by atoms with Crippen molar-refractivity contribution >= 4 is 40.0 Å². The molecule has 0 aliphatic heterocycles. The molecule has 0 atom stereocenters. The van der Waals surface area contributed by atoms with E-state index in [0.717, 1.165) is 23.8 Å². The summed E-state index contributed by atoms with van der Waals surface area (Å²) in [4.78, 5) is 30.1. The normalized spacial score (nSPS) is 11.1. The number of benzene rings is 1. The van der Waals surface area contributed by atoms with E-state index in [1.807, 2.05) is 0 Å². The van der Waals surface area contributed by atoms with Gasteiger partial charge in [-0.15, -0.1) is 0 Å². The number of nitrogens with one attached hydrogen (secondary N) is 3. The average Bonchev–Trinajstić information content (AvgIpc) is 3.12. The summed E-state index contributed by atoms with van der Waals surface area (Å²) in [7, 11) is 0. The third-order valence-corrected chi connectivity index (χ3v) is 4.95. The number of anilines is 3. The SMILES string of the molecule is Cc1nsc(Nc2cnc(C(F)(F)F)cn2)c1C(=O)Nc1ccc(OCCNC(=O)O)c(F)c1. The standard InChI is InChI=1S/C19H16F4N6O4S/c1-9-15(17(34-29-9)28-14-8-25-13(7-26-14)19(21,22)23)16(30)27-10-2-3-12(11(20)6-10)33-5-4-24-18(31)32/h2-3,6-8,24H,4-5H2,1H3,(H,26,28)(H,27,30)(H,31,32). The highest BCUT2D eigenvalue weighted by molar-refractivity contribution is 7.10. The summed E-state index contributed by atoms with van der Waals surface area (Å²) in [5, 5.41) is 16.0. The summed E-state index contributed by atoms with van der Waals surface area (Å²) in [5.41, 5.74) is -0.642. The number of aromatic nitrogens is 3. The van der Waals surface area contributed by atoms with Crippen LogP contribution in [0.3, 0.4) is 0 Å². The molecule has 0 aliphatic rings. The Labute approximate surface area is 193 Å². The van der Waals surface area contributed by atoms with E-state index in [0.29, 0.717) is 11.9 Å². The zero-order valence-electron chi connectivity index (χ0n) is 17.2. The van der Waals surface area contributed by atoms with Crippen molar-refractivity contribution in [3.63, 3.8) is 0 Å². The lowest BCUT2D eigenvalue weighted by molar-refractivity contribution is -0.141. The van der Waals surface area contributed by atoms with Gasteiger partial charge < -0.3 is 25.8 Å². The highest BCUT2D eigenvalue weighted by Crippen LogP contribution is 2.30. The third-order valence-electron chi connectivity index (χ3n) is 4.10. The molecule has 3 aromatic rings. The number of aryl methyl sites for hydroxylation is 1. The first kappa shape index (κ1) is 24.6. The van der Waals surface area contributed by atoms with Gasteiger partial charge in [0.2, 0.25) is 0 Å². The second kappa shape index (κ2) is 10.3. The number of carbonyl (C=O) groups excluding carboxylic acids is 1. The zero-order chi connectivity index (χ0) is 24.9. The second-order valence-corrected chi connectivity index (χ2v) is 7.33. The Morgan fingerprint density at radius 1 is 1.21 bits per heavy atom. The van der Waals surface area contributed by atoms with Crippen molar-refractivity contribution in [2.24, 2.45) is 0 Å². The molecule has 0 saturated carbocycles. The second-order valence-electron chi connectivity index (χ2n) is 6.56. The fourth-order valence-corrected chi connectivity index (χ4v) is 3.39. The third kappa shape index (κ3) is 6.28. The van der Waals surface area contributed by atoms with E-state index in [-0.39, 0.29) is 41.0 Å². The minimum atomic E-state index is -4.64. The molecular formula is C19H16F4N6O4S. The van der Waals surface area contributed by atoms with Crippen LogP contribution in [-0.2, 0) is 6.18 Å². The highest BCUT2D eigenvalue weighted by Gasteiger charge is 2.32. The molecule has 3 rings (SSSR count). The molecule has 0 bridgehead atoms. The van der Waals surface area contributed by atoms with Crippen LogP contribution in [0.5, 0.6) is 5.75 Å². The van der Waals surface area contributed by atoms with Crippen LogP contribution < -0.4 is 20.7 Å². The van der Waals surface area contributed by atoms with E-state index < -0.39 is 29.7 Å².